The number of Topliss-reactive ketones (excluding diaryl/α,β-unsaturated/α-hetero) is 1. The van der Waals surface area contributed by atoms with Crippen LogP contribution in [0.25, 0.3) is 0 Å². The van der Waals surface area contributed by atoms with Crippen LogP contribution < -0.4 is 0 Å². The molecule has 0 aromatic carbocycles. The lowest BCUT2D eigenvalue weighted by Gasteiger charge is -2.37. The van der Waals surface area contributed by atoms with E-state index in [1.165, 1.54) is 24.1 Å². The summed E-state index contributed by atoms with van der Waals surface area (Å²) >= 11 is 1.62. The Labute approximate surface area is 119 Å². The predicted molar refractivity (Wildman–Crippen MR) is 78.9 cm³/mol. The van der Waals surface area contributed by atoms with E-state index in [0.29, 0.717) is 12.6 Å². The number of ketones is 1. The molecular weight excluding hydrogens is 258 g/mol. The Hall–Kier alpha value is -0.710. The minimum Gasteiger partial charge on any atom is -0.396 e. The number of aryl methyl sites for hydroxylation is 1. The Morgan fingerprint density at radius 2 is 2.26 bits per heavy atom. The average Bonchev–Trinajstić information content (AvgIpc) is 2.82. The third-order valence-corrected chi connectivity index (χ3v) is 5.10. The van der Waals surface area contributed by atoms with Gasteiger partial charge < -0.3 is 5.11 Å². The molecule has 1 heterocycles. The Bertz CT molecular complexity index is 412. The highest BCUT2D eigenvalue weighted by molar-refractivity contribution is 7.14. The maximum Gasteiger partial charge on any atom is 0.186 e. The maximum absolute atomic E-state index is 12.3. The number of aliphatic hydroxyl groups is 1. The monoisotopic (exact) mass is 281 g/mol. The van der Waals surface area contributed by atoms with Crippen molar-refractivity contribution in [2.45, 2.75) is 45.1 Å². The van der Waals surface area contributed by atoms with E-state index >= 15 is 0 Å². The summed E-state index contributed by atoms with van der Waals surface area (Å²) < 4.78 is 0. The molecule has 0 radical (unpaired) electrons. The Morgan fingerprint density at radius 3 is 2.79 bits per heavy atom. The van der Waals surface area contributed by atoms with Crippen molar-refractivity contribution < 1.29 is 9.90 Å². The van der Waals surface area contributed by atoms with Gasteiger partial charge in [-0.2, -0.15) is 0 Å². The zero-order chi connectivity index (χ0) is 13.7. The molecule has 2 rings (SSSR count). The van der Waals surface area contributed by atoms with Crippen molar-refractivity contribution >= 4 is 17.1 Å². The average molecular weight is 281 g/mol. The van der Waals surface area contributed by atoms with E-state index in [1.807, 2.05) is 6.07 Å². The second kappa shape index (κ2) is 7.17. The summed E-state index contributed by atoms with van der Waals surface area (Å²) in [6.45, 7) is 3.66. The first-order valence-corrected chi connectivity index (χ1v) is 8.03. The molecule has 1 N–H and O–H groups in total. The Balaban J connectivity index is 1.93. The van der Waals surface area contributed by atoms with Gasteiger partial charge in [0, 0.05) is 24.1 Å². The quantitative estimate of drug-likeness (QED) is 0.745. The molecule has 0 atom stereocenters. The molecular formula is C15H23NO2S. The number of hydrogen-bond donors (Lipinski definition) is 1. The van der Waals surface area contributed by atoms with Crippen LogP contribution in [0.3, 0.4) is 0 Å². The molecule has 106 valence electrons. The minimum absolute atomic E-state index is 0.205. The van der Waals surface area contributed by atoms with Crippen molar-refractivity contribution in [1.29, 1.82) is 0 Å². The van der Waals surface area contributed by atoms with Crippen LogP contribution in [0, 0.1) is 0 Å². The fourth-order valence-corrected chi connectivity index (χ4v) is 3.27. The van der Waals surface area contributed by atoms with Crippen LogP contribution in [0.5, 0.6) is 0 Å². The number of carbonyl (C=O) groups excluding carboxylic acids is 1. The van der Waals surface area contributed by atoms with Gasteiger partial charge in [0.25, 0.3) is 0 Å². The van der Waals surface area contributed by atoms with Crippen molar-refractivity contribution in [3.8, 4) is 0 Å². The highest BCUT2D eigenvalue weighted by Crippen LogP contribution is 2.26. The van der Waals surface area contributed by atoms with Crippen LogP contribution in [0.1, 0.15) is 47.2 Å². The zero-order valence-corrected chi connectivity index (χ0v) is 12.4. The smallest absolute Gasteiger partial charge is 0.186 e. The second-order valence-electron chi connectivity index (χ2n) is 5.18. The molecule has 3 nitrogen and oxygen atoms in total. The van der Waals surface area contributed by atoms with E-state index in [0.717, 1.165) is 24.3 Å². The van der Waals surface area contributed by atoms with Gasteiger partial charge in [0.15, 0.2) is 5.78 Å². The topological polar surface area (TPSA) is 40.5 Å². The van der Waals surface area contributed by atoms with E-state index in [2.05, 4.69) is 17.9 Å². The fraction of sp³-hybridized carbons (Fsp3) is 0.667. The SMILES string of the molecule is CCc1ccc(C(=O)CN(CCCO)C2CCC2)s1. The van der Waals surface area contributed by atoms with Crippen molar-refractivity contribution in [3.63, 3.8) is 0 Å². The molecule has 1 saturated carbocycles. The van der Waals surface area contributed by atoms with Crippen molar-refractivity contribution in [3.05, 3.63) is 21.9 Å². The molecule has 0 amide bonds. The third kappa shape index (κ3) is 3.88. The number of rotatable bonds is 8. The van der Waals surface area contributed by atoms with Crippen LogP contribution in [0.4, 0.5) is 0 Å². The number of hydrogen-bond acceptors (Lipinski definition) is 4. The van der Waals surface area contributed by atoms with E-state index in [9.17, 15) is 4.79 Å². The lowest BCUT2D eigenvalue weighted by molar-refractivity contribution is 0.0791. The van der Waals surface area contributed by atoms with Gasteiger partial charge in [-0.25, -0.2) is 0 Å². The van der Waals surface area contributed by atoms with Crippen molar-refractivity contribution in [2.75, 3.05) is 19.7 Å². The fourth-order valence-electron chi connectivity index (χ4n) is 2.40. The van der Waals surface area contributed by atoms with Crippen molar-refractivity contribution in [1.82, 2.24) is 4.90 Å². The first kappa shape index (κ1) is 14.7. The highest BCUT2D eigenvalue weighted by Gasteiger charge is 2.26. The van der Waals surface area contributed by atoms with E-state index in [4.69, 9.17) is 5.11 Å². The first-order valence-electron chi connectivity index (χ1n) is 7.21. The third-order valence-electron chi connectivity index (χ3n) is 3.83. The van der Waals surface area contributed by atoms with E-state index in [-0.39, 0.29) is 12.4 Å². The lowest BCUT2D eigenvalue weighted by Crippen LogP contribution is -2.43. The highest BCUT2D eigenvalue weighted by atomic mass is 32.1. The molecule has 0 bridgehead atoms. The number of carbonyl (C=O) groups is 1. The molecule has 0 unspecified atom stereocenters. The summed E-state index contributed by atoms with van der Waals surface area (Å²) in [6.07, 6.45) is 5.42. The zero-order valence-electron chi connectivity index (χ0n) is 11.6. The van der Waals surface area contributed by atoms with Gasteiger partial charge in [-0.05, 0) is 37.8 Å². The molecule has 19 heavy (non-hydrogen) atoms. The summed E-state index contributed by atoms with van der Waals surface area (Å²) in [6, 6.07) is 4.57. The minimum atomic E-state index is 0.205. The first-order chi connectivity index (χ1) is 9.24. The maximum atomic E-state index is 12.3. The molecule has 1 aliphatic rings. The molecule has 1 aromatic heterocycles. The predicted octanol–water partition coefficient (Wildman–Crippen LogP) is 2.73. The summed E-state index contributed by atoms with van der Waals surface area (Å²) in [5, 5.41) is 8.96. The summed E-state index contributed by atoms with van der Waals surface area (Å²) in [7, 11) is 0. The number of nitrogens with zero attached hydrogens (tertiary/aromatic N) is 1. The van der Waals surface area contributed by atoms with Gasteiger partial charge in [0.2, 0.25) is 0 Å². The Morgan fingerprint density at radius 1 is 1.47 bits per heavy atom. The molecule has 1 aliphatic carbocycles. The van der Waals surface area contributed by atoms with Crippen LogP contribution in [-0.2, 0) is 6.42 Å². The van der Waals surface area contributed by atoms with Gasteiger partial charge in [-0.15, -0.1) is 11.3 Å². The lowest BCUT2D eigenvalue weighted by atomic mass is 9.91. The van der Waals surface area contributed by atoms with Crippen LogP contribution >= 0.6 is 11.3 Å². The molecule has 0 spiro atoms. The Kier molecular flexibility index (Phi) is 5.55. The normalized spacial score (nSPS) is 15.7. The van der Waals surface area contributed by atoms with Gasteiger partial charge in [0.05, 0.1) is 11.4 Å². The molecule has 0 aliphatic heterocycles. The largest absolute Gasteiger partial charge is 0.396 e. The molecule has 4 heteroatoms. The standard InChI is InChI=1S/C15H23NO2S/c1-2-13-7-8-15(19-13)14(18)11-16(9-4-10-17)12-5-3-6-12/h7-8,12,17H,2-6,9-11H2,1H3. The van der Waals surface area contributed by atoms with E-state index in [1.54, 1.807) is 11.3 Å². The van der Waals surface area contributed by atoms with Gasteiger partial charge in [-0.3, -0.25) is 9.69 Å². The molecule has 1 aromatic rings. The molecule has 1 fully saturated rings. The van der Waals surface area contributed by atoms with E-state index < -0.39 is 0 Å². The van der Waals surface area contributed by atoms with Crippen molar-refractivity contribution in [2.24, 2.45) is 0 Å². The summed E-state index contributed by atoms with van der Waals surface area (Å²) in [5.41, 5.74) is 0. The van der Waals surface area contributed by atoms with Crippen LogP contribution in [0.2, 0.25) is 0 Å². The number of thiophene rings is 1. The van der Waals surface area contributed by atoms with Gasteiger partial charge in [-0.1, -0.05) is 13.3 Å². The van der Waals surface area contributed by atoms with Gasteiger partial charge in [0.1, 0.15) is 0 Å². The van der Waals surface area contributed by atoms with Crippen LogP contribution in [0.15, 0.2) is 12.1 Å². The molecule has 0 saturated heterocycles. The number of aliphatic hydroxyl groups excluding tert-OH is 1. The summed E-state index contributed by atoms with van der Waals surface area (Å²) in [5.74, 6) is 0.231. The second-order valence-corrected chi connectivity index (χ2v) is 6.34. The summed E-state index contributed by atoms with van der Waals surface area (Å²) in [4.78, 5) is 16.7. The van der Waals surface area contributed by atoms with Crippen LogP contribution in [-0.4, -0.2) is 41.5 Å². The van der Waals surface area contributed by atoms with Gasteiger partial charge >= 0.3 is 0 Å².